The van der Waals surface area contributed by atoms with Gasteiger partial charge in [-0.25, -0.2) is 18.8 Å². The van der Waals surface area contributed by atoms with E-state index in [1.165, 1.54) is 11.1 Å². The van der Waals surface area contributed by atoms with E-state index in [4.69, 9.17) is 16.6 Å². The molecular formula is C24H29BrF2N6O. The highest BCUT2D eigenvalue weighted by molar-refractivity contribution is 9.10. The number of hydrazine groups is 1. The van der Waals surface area contributed by atoms with Crippen LogP contribution >= 0.6 is 15.9 Å². The molecular weight excluding hydrogens is 506 g/mol. The van der Waals surface area contributed by atoms with Gasteiger partial charge in [0.15, 0.2) is 0 Å². The van der Waals surface area contributed by atoms with Gasteiger partial charge in [0.25, 0.3) is 0 Å². The summed E-state index contributed by atoms with van der Waals surface area (Å²) >= 11 is 3.50. The number of rotatable bonds is 8. The molecule has 0 radical (unpaired) electrons. The standard InChI is InChI=1S/C24H29BrF2N6O/c1-16(24(34,15-33(29)8-7-28)20-6-5-19(26)12-21(20)27)31-9-10-32-13-22(30-23(32)14-31)17-3-2-4-18(25)11-17/h2-6,11-13,16,34H,7-10,14-15,28-29H2,1H3/t16-,24-/m1/s1. The number of aromatic nitrogens is 2. The third-order valence-electron chi connectivity index (χ3n) is 6.45. The van der Waals surface area contributed by atoms with Crippen LogP contribution in [0.25, 0.3) is 11.3 Å². The van der Waals surface area contributed by atoms with E-state index in [1.54, 1.807) is 0 Å². The van der Waals surface area contributed by atoms with Crippen molar-refractivity contribution in [2.45, 2.75) is 31.7 Å². The number of benzene rings is 2. The third-order valence-corrected chi connectivity index (χ3v) is 6.94. The van der Waals surface area contributed by atoms with Crippen molar-refractivity contribution in [1.82, 2.24) is 19.5 Å². The van der Waals surface area contributed by atoms with Gasteiger partial charge in [0, 0.05) is 66.6 Å². The second-order valence-electron chi connectivity index (χ2n) is 8.70. The van der Waals surface area contributed by atoms with Crippen LogP contribution in [0.3, 0.4) is 0 Å². The van der Waals surface area contributed by atoms with Gasteiger partial charge in [0.05, 0.1) is 12.2 Å². The summed E-state index contributed by atoms with van der Waals surface area (Å²) in [4.78, 5) is 6.86. The van der Waals surface area contributed by atoms with E-state index in [1.807, 2.05) is 42.3 Å². The summed E-state index contributed by atoms with van der Waals surface area (Å²) in [5.74, 6) is 5.40. The van der Waals surface area contributed by atoms with Gasteiger partial charge in [-0.3, -0.25) is 10.7 Å². The molecule has 5 N–H and O–H groups in total. The highest BCUT2D eigenvalue weighted by atomic mass is 79.9. The van der Waals surface area contributed by atoms with Crippen LogP contribution in [0.5, 0.6) is 0 Å². The molecule has 0 bridgehead atoms. The van der Waals surface area contributed by atoms with Crippen molar-refractivity contribution in [2.24, 2.45) is 11.6 Å². The zero-order chi connectivity index (χ0) is 24.5. The van der Waals surface area contributed by atoms with Crippen LogP contribution in [0.2, 0.25) is 0 Å². The van der Waals surface area contributed by atoms with Crippen LogP contribution in [0.4, 0.5) is 8.78 Å². The minimum absolute atomic E-state index is 0.00221. The van der Waals surface area contributed by atoms with Crippen LogP contribution in [-0.4, -0.2) is 56.8 Å². The smallest absolute Gasteiger partial charge is 0.132 e. The molecule has 2 heterocycles. The van der Waals surface area contributed by atoms with Crippen LogP contribution < -0.4 is 11.6 Å². The Hall–Kier alpha value is -2.21. The van der Waals surface area contributed by atoms with Crippen molar-refractivity contribution in [3.8, 4) is 11.3 Å². The molecule has 1 aromatic heterocycles. The van der Waals surface area contributed by atoms with Gasteiger partial charge in [-0.15, -0.1) is 0 Å². The topological polar surface area (TPSA) is 96.6 Å². The second kappa shape index (κ2) is 10.2. The van der Waals surface area contributed by atoms with Crippen molar-refractivity contribution < 1.29 is 13.9 Å². The lowest BCUT2D eigenvalue weighted by atomic mass is 9.85. The average Bonchev–Trinajstić information content (AvgIpc) is 3.22. The van der Waals surface area contributed by atoms with E-state index < -0.39 is 23.3 Å². The summed E-state index contributed by atoms with van der Waals surface area (Å²) in [6, 6.07) is 10.6. The summed E-state index contributed by atoms with van der Waals surface area (Å²) in [7, 11) is 0. The Labute approximate surface area is 206 Å². The lowest BCUT2D eigenvalue weighted by Gasteiger charge is -2.44. The number of hydrogen-bond donors (Lipinski definition) is 3. The average molecular weight is 535 g/mol. The van der Waals surface area contributed by atoms with E-state index in [0.717, 1.165) is 33.7 Å². The quantitative estimate of drug-likeness (QED) is 0.303. The van der Waals surface area contributed by atoms with Crippen molar-refractivity contribution in [2.75, 3.05) is 26.2 Å². The van der Waals surface area contributed by atoms with Crippen molar-refractivity contribution in [3.05, 3.63) is 76.2 Å². The van der Waals surface area contributed by atoms with Crippen molar-refractivity contribution in [3.63, 3.8) is 0 Å². The molecule has 182 valence electrons. The summed E-state index contributed by atoms with van der Waals surface area (Å²) in [5, 5.41) is 13.2. The third kappa shape index (κ3) is 5.07. The van der Waals surface area contributed by atoms with Crippen LogP contribution in [-0.2, 0) is 18.7 Å². The predicted molar refractivity (Wildman–Crippen MR) is 130 cm³/mol. The number of imidazole rings is 1. The number of nitrogens with zero attached hydrogens (tertiary/aromatic N) is 4. The highest BCUT2D eigenvalue weighted by Crippen LogP contribution is 2.34. The molecule has 0 spiro atoms. The fourth-order valence-corrected chi connectivity index (χ4v) is 4.93. The molecule has 0 saturated heterocycles. The van der Waals surface area contributed by atoms with E-state index >= 15 is 0 Å². The molecule has 2 aromatic carbocycles. The first-order chi connectivity index (χ1) is 16.2. The molecule has 0 unspecified atom stereocenters. The molecule has 34 heavy (non-hydrogen) atoms. The molecule has 0 aliphatic carbocycles. The maximum atomic E-state index is 14.8. The summed E-state index contributed by atoms with van der Waals surface area (Å²) in [5.41, 5.74) is 5.77. The number of aliphatic hydroxyl groups is 1. The Balaban J connectivity index is 1.63. The maximum absolute atomic E-state index is 14.8. The summed E-state index contributed by atoms with van der Waals surface area (Å²) in [6.07, 6.45) is 2.02. The fourth-order valence-electron chi connectivity index (χ4n) is 4.53. The SMILES string of the molecule is C[C@@H](N1CCn2cc(-c3cccc(Br)c3)nc2C1)[C@](O)(CN(N)CCN)c1ccc(F)cc1F. The first kappa shape index (κ1) is 24.9. The molecule has 0 saturated carbocycles. The molecule has 1 aliphatic rings. The van der Waals surface area contributed by atoms with Crippen LogP contribution in [0.1, 0.15) is 18.3 Å². The Morgan fingerprint density at radius 2 is 2.03 bits per heavy atom. The lowest BCUT2D eigenvalue weighted by Crippen LogP contribution is -2.58. The first-order valence-electron chi connectivity index (χ1n) is 11.1. The minimum atomic E-state index is -1.70. The maximum Gasteiger partial charge on any atom is 0.132 e. The van der Waals surface area contributed by atoms with Crippen LogP contribution in [0, 0.1) is 11.6 Å². The van der Waals surface area contributed by atoms with Crippen molar-refractivity contribution >= 4 is 15.9 Å². The zero-order valence-electron chi connectivity index (χ0n) is 19.0. The normalized spacial score (nSPS) is 16.9. The summed E-state index contributed by atoms with van der Waals surface area (Å²) < 4.78 is 31.5. The molecule has 7 nitrogen and oxygen atoms in total. The summed E-state index contributed by atoms with van der Waals surface area (Å²) in [6.45, 7) is 4.11. The van der Waals surface area contributed by atoms with E-state index in [2.05, 4.69) is 20.5 Å². The van der Waals surface area contributed by atoms with Gasteiger partial charge in [-0.05, 0) is 25.1 Å². The van der Waals surface area contributed by atoms with Gasteiger partial charge >= 0.3 is 0 Å². The van der Waals surface area contributed by atoms with Crippen LogP contribution in [0.15, 0.2) is 53.1 Å². The molecule has 10 heteroatoms. The Morgan fingerprint density at radius 1 is 1.24 bits per heavy atom. The van der Waals surface area contributed by atoms with E-state index in [-0.39, 0.29) is 18.7 Å². The molecule has 4 rings (SSSR count). The minimum Gasteiger partial charge on any atom is -0.382 e. The van der Waals surface area contributed by atoms with Gasteiger partial charge in [-0.1, -0.05) is 34.1 Å². The number of fused-ring (bicyclic) bond motifs is 1. The monoisotopic (exact) mass is 534 g/mol. The van der Waals surface area contributed by atoms with Gasteiger partial charge in [0.2, 0.25) is 0 Å². The number of halogens is 3. The van der Waals surface area contributed by atoms with Crippen molar-refractivity contribution in [1.29, 1.82) is 0 Å². The Kier molecular flexibility index (Phi) is 7.46. The second-order valence-corrected chi connectivity index (χ2v) is 9.62. The molecule has 3 aromatic rings. The molecule has 0 amide bonds. The largest absolute Gasteiger partial charge is 0.382 e. The van der Waals surface area contributed by atoms with E-state index in [9.17, 15) is 13.9 Å². The van der Waals surface area contributed by atoms with Gasteiger partial charge in [-0.2, -0.15) is 0 Å². The van der Waals surface area contributed by atoms with Gasteiger partial charge in [0.1, 0.15) is 23.1 Å². The first-order valence-corrected chi connectivity index (χ1v) is 11.9. The predicted octanol–water partition coefficient (Wildman–Crippen LogP) is 2.82. The molecule has 2 atom stereocenters. The Morgan fingerprint density at radius 3 is 2.74 bits per heavy atom. The van der Waals surface area contributed by atoms with Gasteiger partial charge < -0.3 is 15.4 Å². The number of hydrogen-bond acceptors (Lipinski definition) is 6. The number of nitrogens with two attached hydrogens (primary N) is 2. The fraction of sp³-hybridized carbons (Fsp3) is 0.375. The Bertz CT molecular complexity index is 1160. The molecule has 1 aliphatic heterocycles. The molecule has 0 fully saturated rings. The highest BCUT2D eigenvalue weighted by Gasteiger charge is 2.43. The lowest BCUT2D eigenvalue weighted by molar-refractivity contribution is -0.0771. The van der Waals surface area contributed by atoms with E-state index in [0.29, 0.717) is 26.2 Å². The zero-order valence-corrected chi connectivity index (χ0v) is 20.5.